The first-order valence-electron chi connectivity index (χ1n) is 5.25. The lowest BCUT2D eigenvalue weighted by atomic mass is 9.64. The predicted molar refractivity (Wildman–Crippen MR) is 52.6 cm³/mol. The van der Waals surface area contributed by atoms with E-state index in [1.54, 1.807) is 6.92 Å². The van der Waals surface area contributed by atoms with Gasteiger partial charge in [-0.2, -0.15) is 0 Å². The Balaban J connectivity index is 2.55. The van der Waals surface area contributed by atoms with Gasteiger partial charge in [0.1, 0.15) is 0 Å². The van der Waals surface area contributed by atoms with Gasteiger partial charge in [0.2, 0.25) is 0 Å². The van der Waals surface area contributed by atoms with E-state index in [4.69, 9.17) is 0 Å². The van der Waals surface area contributed by atoms with E-state index < -0.39 is 23.2 Å². The van der Waals surface area contributed by atoms with E-state index in [0.717, 1.165) is 0 Å². The van der Waals surface area contributed by atoms with E-state index in [2.05, 4.69) is 0 Å². The number of rotatable bonds is 0. The van der Waals surface area contributed by atoms with Gasteiger partial charge >= 0.3 is 0 Å². The third kappa shape index (κ3) is 0.765. The summed E-state index contributed by atoms with van der Waals surface area (Å²) < 4.78 is 0. The van der Waals surface area contributed by atoms with Gasteiger partial charge in [0.05, 0.1) is 17.8 Å². The van der Waals surface area contributed by atoms with Crippen LogP contribution in [-0.2, 0) is 0 Å². The molecule has 3 N–H and O–H groups in total. The number of fused-ring (bicyclic) bond motifs is 2. The van der Waals surface area contributed by atoms with Gasteiger partial charge < -0.3 is 15.3 Å². The van der Waals surface area contributed by atoms with E-state index in [0.29, 0.717) is 6.42 Å². The van der Waals surface area contributed by atoms with Crippen molar-refractivity contribution in [1.82, 2.24) is 0 Å². The van der Waals surface area contributed by atoms with Crippen LogP contribution >= 0.6 is 0 Å². The highest BCUT2D eigenvalue weighted by Gasteiger charge is 2.74. The zero-order valence-electron chi connectivity index (χ0n) is 9.28. The van der Waals surface area contributed by atoms with E-state index >= 15 is 0 Å². The van der Waals surface area contributed by atoms with E-state index in [1.165, 1.54) is 0 Å². The molecule has 2 fully saturated rings. The fourth-order valence-electron chi connectivity index (χ4n) is 3.78. The van der Waals surface area contributed by atoms with Gasteiger partial charge in [-0.3, -0.25) is 0 Å². The molecule has 0 aromatic rings. The molecular formula is C11H20O3. The predicted octanol–water partition coefficient (Wildman–Crippen LogP) is 0.525. The zero-order valence-corrected chi connectivity index (χ0v) is 9.28. The van der Waals surface area contributed by atoms with Crippen LogP contribution in [0.5, 0.6) is 0 Å². The quantitative estimate of drug-likeness (QED) is 0.534. The Morgan fingerprint density at radius 3 is 1.86 bits per heavy atom. The Labute approximate surface area is 84.8 Å². The number of aliphatic hydroxyl groups excluding tert-OH is 2. The lowest BCUT2D eigenvalue weighted by Gasteiger charge is -2.46. The minimum Gasteiger partial charge on any atom is -0.390 e. The van der Waals surface area contributed by atoms with Gasteiger partial charge in [0, 0.05) is 5.41 Å². The second-order valence-electron chi connectivity index (χ2n) is 5.94. The molecule has 2 aliphatic carbocycles. The first-order chi connectivity index (χ1) is 6.16. The van der Waals surface area contributed by atoms with Gasteiger partial charge in [-0.1, -0.05) is 20.8 Å². The van der Waals surface area contributed by atoms with E-state index in [9.17, 15) is 15.3 Å². The highest BCUT2D eigenvalue weighted by atomic mass is 16.3. The Kier molecular flexibility index (Phi) is 1.74. The van der Waals surface area contributed by atoms with Gasteiger partial charge in [-0.25, -0.2) is 0 Å². The standard InChI is InChI=1S/C11H20O3/c1-9(2)6-5-10(3,14)11(9,4)8(13)7(6)12/h6-8,12-14H,5H2,1-4H3. The molecular weight excluding hydrogens is 180 g/mol. The molecule has 3 heteroatoms. The minimum absolute atomic E-state index is 0.00231. The first kappa shape index (κ1) is 10.4. The molecule has 2 rings (SSSR count). The van der Waals surface area contributed by atoms with Crippen molar-refractivity contribution in [3.05, 3.63) is 0 Å². The summed E-state index contributed by atoms with van der Waals surface area (Å²) in [6.07, 6.45) is -0.921. The molecule has 0 amide bonds. The van der Waals surface area contributed by atoms with Crippen LogP contribution in [0.15, 0.2) is 0 Å². The first-order valence-corrected chi connectivity index (χ1v) is 5.25. The van der Waals surface area contributed by atoms with E-state index in [1.807, 2.05) is 20.8 Å². The van der Waals surface area contributed by atoms with Gasteiger partial charge in [-0.15, -0.1) is 0 Å². The lowest BCUT2D eigenvalue weighted by molar-refractivity contribution is -0.160. The summed E-state index contributed by atoms with van der Waals surface area (Å²) in [5, 5.41) is 30.2. The summed E-state index contributed by atoms with van der Waals surface area (Å²) in [4.78, 5) is 0. The van der Waals surface area contributed by atoms with Crippen LogP contribution in [0.3, 0.4) is 0 Å². The van der Waals surface area contributed by atoms with Crippen molar-refractivity contribution in [2.24, 2.45) is 16.7 Å². The fraction of sp³-hybridized carbons (Fsp3) is 1.00. The Hall–Kier alpha value is -0.120. The highest BCUT2D eigenvalue weighted by molar-refractivity contribution is 5.23. The van der Waals surface area contributed by atoms with Gasteiger partial charge in [0.15, 0.2) is 0 Å². The van der Waals surface area contributed by atoms with Gasteiger partial charge in [-0.05, 0) is 24.7 Å². The molecule has 0 aromatic carbocycles. The van der Waals surface area contributed by atoms with Crippen LogP contribution in [-0.4, -0.2) is 33.1 Å². The van der Waals surface area contributed by atoms with Crippen LogP contribution in [0.1, 0.15) is 34.1 Å². The molecule has 0 saturated heterocycles. The minimum atomic E-state index is -0.875. The van der Waals surface area contributed by atoms with Crippen LogP contribution in [0.25, 0.3) is 0 Å². The lowest BCUT2D eigenvalue weighted by Crippen LogP contribution is -2.55. The second-order valence-corrected chi connectivity index (χ2v) is 5.94. The largest absolute Gasteiger partial charge is 0.390 e. The summed E-state index contributed by atoms with van der Waals surface area (Å²) in [5.41, 5.74) is -1.70. The second kappa shape index (κ2) is 2.34. The molecule has 0 heterocycles. The van der Waals surface area contributed by atoms with Gasteiger partial charge in [0.25, 0.3) is 0 Å². The summed E-state index contributed by atoms with van der Waals surface area (Å²) in [7, 11) is 0. The summed E-state index contributed by atoms with van der Waals surface area (Å²) in [5.74, 6) is -0.00231. The Morgan fingerprint density at radius 1 is 1.07 bits per heavy atom. The molecule has 3 nitrogen and oxygen atoms in total. The average Bonchev–Trinajstić information content (AvgIpc) is 2.26. The fourth-order valence-corrected chi connectivity index (χ4v) is 3.78. The summed E-state index contributed by atoms with van der Waals surface area (Å²) >= 11 is 0. The molecule has 0 radical (unpaired) electrons. The van der Waals surface area contributed by atoms with Crippen molar-refractivity contribution in [3.63, 3.8) is 0 Å². The van der Waals surface area contributed by atoms with Crippen molar-refractivity contribution in [2.75, 3.05) is 0 Å². The molecule has 5 atom stereocenters. The number of hydrogen-bond donors (Lipinski definition) is 3. The maximum Gasteiger partial charge on any atom is 0.0888 e. The van der Waals surface area contributed by atoms with Crippen molar-refractivity contribution < 1.29 is 15.3 Å². The SMILES string of the molecule is CC1(O)CC2C(O)C(O)C1(C)C2(C)C. The topological polar surface area (TPSA) is 60.7 Å². The highest BCUT2D eigenvalue weighted by Crippen LogP contribution is 2.69. The van der Waals surface area contributed by atoms with Crippen molar-refractivity contribution in [1.29, 1.82) is 0 Å². The molecule has 2 saturated carbocycles. The zero-order chi connectivity index (χ0) is 10.9. The van der Waals surface area contributed by atoms with Crippen molar-refractivity contribution >= 4 is 0 Å². The molecule has 82 valence electrons. The monoisotopic (exact) mass is 200 g/mol. The number of aliphatic hydroxyl groups is 3. The van der Waals surface area contributed by atoms with Crippen LogP contribution in [0.2, 0.25) is 0 Å². The smallest absolute Gasteiger partial charge is 0.0888 e. The molecule has 0 aromatic heterocycles. The third-order valence-electron chi connectivity index (χ3n) is 5.33. The normalized spacial score (nSPS) is 60.6. The molecule has 14 heavy (non-hydrogen) atoms. The molecule has 0 aliphatic heterocycles. The third-order valence-corrected chi connectivity index (χ3v) is 5.33. The van der Waals surface area contributed by atoms with Crippen LogP contribution in [0.4, 0.5) is 0 Å². The maximum absolute atomic E-state index is 10.3. The molecule has 5 unspecified atom stereocenters. The Bertz CT molecular complexity index is 272. The van der Waals surface area contributed by atoms with Crippen molar-refractivity contribution in [3.8, 4) is 0 Å². The molecule has 0 spiro atoms. The maximum atomic E-state index is 10.3. The van der Waals surface area contributed by atoms with Crippen molar-refractivity contribution in [2.45, 2.75) is 51.9 Å². The average molecular weight is 200 g/mol. The summed E-state index contributed by atoms with van der Waals surface area (Å²) in [6, 6.07) is 0. The molecule has 2 bridgehead atoms. The van der Waals surface area contributed by atoms with Crippen LogP contribution in [0, 0.1) is 16.7 Å². The van der Waals surface area contributed by atoms with E-state index in [-0.39, 0.29) is 11.3 Å². The Morgan fingerprint density at radius 2 is 1.57 bits per heavy atom. The summed E-state index contributed by atoms with van der Waals surface area (Å²) in [6.45, 7) is 7.70. The van der Waals surface area contributed by atoms with Crippen LogP contribution < -0.4 is 0 Å². The molecule has 2 aliphatic rings. The number of hydrogen-bond acceptors (Lipinski definition) is 3.